The molecule has 0 saturated carbocycles. The van der Waals surface area contributed by atoms with Crippen molar-refractivity contribution in [1.82, 2.24) is 19.9 Å². The van der Waals surface area contributed by atoms with Crippen LogP contribution in [0.2, 0.25) is 0 Å². The Bertz CT molecular complexity index is 1600. The first kappa shape index (κ1) is 24.6. The monoisotopic (exact) mass is 540 g/mol. The number of H-pyrrole nitrogens is 2. The molecule has 6 heterocycles. The van der Waals surface area contributed by atoms with Crippen molar-refractivity contribution < 1.29 is 19.5 Å². The molecular weight excluding hydrogens is 514 g/mol. The van der Waals surface area contributed by atoms with Crippen molar-refractivity contribution in [1.29, 1.82) is 0 Å². The molecule has 0 amide bonds. The van der Waals surface area contributed by atoms with E-state index in [-0.39, 0.29) is 19.5 Å². The molecule has 0 radical (unpaired) electrons. The summed E-state index contributed by atoms with van der Waals surface area (Å²) >= 11 is 1.91. The van der Waals surface area contributed by atoms with Gasteiger partial charge < -0.3 is 9.97 Å². The van der Waals surface area contributed by atoms with Crippen LogP contribution in [0.4, 0.5) is 0 Å². The second kappa shape index (κ2) is 10.9. The van der Waals surface area contributed by atoms with Crippen molar-refractivity contribution >= 4 is 57.7 Å². The minimum absolute atomic E-state index is 0. The standard InChI is InChI=1S/C30H28N4S.Zn/c1-2-3-4-5-6-27-13-14-30(35-27)28-18-26-17-24-10-9-22(32-24)15-20-7-8-21(31-20)16-23-11-12-25(33-23)19-29(28)34-26;/h7-19,32,34H,2-6H2,1H3;. The van der Waals surface area contributed by atoms with Gasteiger partial charge in [0, 0.05) is 56.9 Å². The van der Waals surface area contributed by atoms with E-state index < -0.39 is 0 Å². The van der Waals surface area contributed by atoms with E-state index in [4.69, 9.17) is 9.97 Å². The molecule has 0 saturated heterocycles. The Hall–Kier alpha value is -3.08. The Labute approximate surface area is 228 Å². The van der Waals surface area contributed by atoms with Gasteiger partial charge in [-0.1, -0.05) is 26.2 Å². The summed E-state index contributed by atoms with van der Waals surface area (Å²) in [5, 5.41) is 0. The van der Waals surface area contributed by atoms with Crippen molar-refractivity contribution in [2.24, 2.45) is 0 Å². The van der Waals surface area contributed by atoms with Crippen LogP contribution in [0.25, 0.3) is 56.8 Å². The number of aryl methyl sites for hydroxylation is 1. The third kappa shape index (κ3) is 5.50. The molecule has 176 valence electrons. The zero-order valence-corrected chi connectivity index (χ0v) is 24.3. The van der Waals surface area contributed by atoms with Crippen LogP contribution >= 0.6 is 11.3 Å². The van der Waals surface area contributed by atoms with Gasteiger partial charge in [0.1, 0.15) is 0 Å². The molecule has 6 rings (SSSR count). The van der Waals surface area contributed by atoms with E-state index >= 15 is 0 Å². The predicted molar refractivity (Wildman–Crippen MR) is 150 cm³/mol. The number of hydrogen-bond acceptors (Lipinski definition) is 3. The van der Waals surface area contributed by atoms with Crippen LogP contribution in [0.3, 0.4) is 0 Å². The van der Waals surface area contributed by atoms with Gasteiger partial charge in [0.05, 0.1) is 22.8 Å². The van der Waals surface area contributed by atoms with Gasteiger partial charge in [-0.3, -0.25) is 0 Å². The van der Waals surface area contributed by atoms with Crippen molar-refractivity contribution in [3.63, 3.8) is 0 Å². The summed E-state index contributed by atoms with van der Waals surface area (Å²) in [5.41, 5.74) is 9.16. The van der Waals surface area contributed by atoms with Gasteiger partial charge in [-0.25, -0.2) is 9.97 Å². The molecule has 8 bridgehead atoms. The second-order valence-electron chi connectivity index (χ2n) is 9.16. The van der Waals surface area contributed by atoms with E-state index in [1.54, 1.807) is 0 Å². The third-order valence-corrected chi connectivity index (χ3v) is 7.55. The summed E-state index contributed by atoms with van der Waals surface area (Å²) in [6, 6.07) is 19.4. The number of nitrogens with zero attached hydrogens (tertiary/aromatic N) is 2. The van der Waals surface area contributed by atoms with Crippen LogP contribution in [0, 0.1) is 0 Å². The Morgan fingerprint density at radius 2 is 1.36 bits per heavy atom. The summed E-state index contributed by atoms with van der Waals surface area (Å²) in [7, 11) is 0. The van der Waals surface area contributed by atoms with E-state index in [0.717, 1.165) is 51.3 Å². The van der Waals surface area contributed by atoms with Gasteiger partial charge in [0.2, 0.25) is 0 Å². The number of aromatic nitrogens is 4. The number of fused-ring (bicyclic) bond motifs is 8. The second-order valence-corrected chi connectivity index (χ2v) is 10.3. The third-order valence-electron chi connectivity index (χ3n) is 6.37. The fourth-order valence-corrected chi connectivity index (χ4v) is 5.69. The Balaban J connectivity index is 0.00000267. The van der Waals surface area contributed by atoms with E-state index in [2.05, 4.69) is 71.5 Å². The molecule has 4 aromatic heterocycles. The first-order chi connectivity index (χ1) is 17.2. The number of thiophene rings is 1. The summed E-state index contributed by atoms with van der Waals surface area (Å²) in [5.74, 6) is 0. The van der Waals surface area contributed by atoms with Gasteiger partial charge >= 0.3 is 0 Å². The maximum Gasteiger partial charge on any atom is 0.0659 e. The first-order valence-corrected chi connectivity index (χ1v) is 13.2. The SMILES string of the molecule is CCCCCCc1ccc(-c2cc3cc4ccc(cc5nc(cc6nc(cc2[nH]3)C=C6)C=C5)[nH]4)s1.[Zn]. The average Bonchev–Trinajstić information content (AvgIpc) is 3.66. The Kier molecular flexibility index (Phi) is 7.45. The normalized spacial score (nSPS) is 12.1. The van der Waals surface area contributed by atoms with Crippen LogP contribution in [0.15, 0.2) is 54.6 Å². The van der Waals surface area contributed by atoms with Crippen molar-refractivity contribution in [2.45, 2.75) is 39.0 Å². The maximum absolute atomic E-state index is 4.82. The van der Waals surface area contributed by atoms with Gasteiger partial charge in [-0.15, -0.1) is 11.3 Å². The molecule has 6 heteroatoms. The van der Waals surface area contributed by atoms with Crippen molar-refractivity contribution in [2.75, 3.05) is 0 Å². The smallest absolute Gasteiger partial charge is 0.0659 e. The van der Waals surface area contributed by atoms with Crippen molar-refractivity contribution in [3.8, 4) is 10.4 Å². The first-order valence-electron chi connectivity index (χ1n) is 12.4. The fourth-order valence-electron chi connectivity index (χ4n) is 4.61. The molecule has 2 aliphatic heterocycles. The number of nitrogens with one attached hydrogen (secondary N) is 2. The zero-order chi connectivity index (χ0) is 23.6. The van der Waals surface area contributed by atoms with Crippen LogP contribution in [0.5, 0.6) is 0 Å². The molecule has 0 fully saturated rings. The molecule has 2 aliphatic rings. The average molecular weight is 542 g/mol. The van der Waals surface area contributed by atoms with E-state index in [9.17, 15) is 0 Å². The molecule has 0 unspecified atom stereocenters. The molecule has 0 aliphatic carbocycles. The Morgan fingerprint density at radius 1 is 0.667 bits per heavy atom. The van der Waals surface area contributed by atoms with Crippen LogP contribution in [0.1, 0.15) is 60.3 Å². The number of unbranched alkanes of at least 4 members (excludes halogenated alkanes) is 3. The van der Waals surface area contributed by atoms with Gasteiger partial charge in [-0.2, -0.15) is 0 Å². The molecule has 0 atom stereocenters. The van der Waals surface area contributed by atoms with E-state index in [1.165, 1.54) is 41.0 Å². The molecule has 4 nitrogen and oxygen atoms in total. The molecular formula is C30H28N4SZn. The largest absolute Gasteiger partial charge is 0.355 e. The Morgan fingerprint density at radius 3 is 2.11 bits per heavy atom. The van der Waals surface area contributed by atoms with Crippen LogP contribution in [-0.2, 0) is 25.9 Å². The van der Waals surface area contributed by atoms with Gasteiger partial charge in [-0.05, 0) is 91.7 Å². The minimum Gasteiger partial charge on any atom is -0.355 e. The number of rotatable bonds is 6. The topological polar surface area (TPSA) is 57.4 Å². The summed E-state index contributed by atoms with van der Waals surface area (Å²) in [6.45, 7) is 2.26. The molecule has 36 heavy (non-hydrogen) atoms. The molecule has 4 aromatic rings. The van der Waals surface area contributed by atoms with E-state index in [1.807, 2.05) is 35.6 Å². The summed E-state index contributed by atoms with van der Waals surface area (Å²) < 4.78 is 0. The van der Waals surface area contributed by atoms with Crippen LogP contribution in [-0.4, -0.2) is 19.9 Å². The molecule has 0 spiro atoms. The fraction of sp³-hybridized carbons (Fsp3) is 0.200. The molecule has 2 N–H and O–H groups in total. The van der Waals surface area contributed by atoms with Crippen molar-refractivity contribution in [3.05, 3.63) is 82.3 Å². The quantitative estimate of drug-likeness (QED) is 0.164. The van der Waals surface area contributed by atoms with Gasteiger partial charge in [0.25, 0.3) is 0 Å². The zero-order valence-electron chi connectivity index (χ0n) is 20.6. The minimum atomic E-state index is 0. The van der Waals surface area contributed by atoms with Gasteiger partial charge in [0.15, 0.2) is 0 Å². The van der Waals surface area contributed by atoms with E-state index in [0.29, 0.717) is 0 Å². The number of aromatic amines is 2. The predicted octanol–water partition coefficient (Wildman–Crippen LogP) is 8.50. The van der Waals surface area contributed by atoms with Crippen LogP contribution < -0.4 is 0 Å². The summed E-state index contributed by atoms with van der Waals surface area (Å²) in [4.78, 5) is 19.4. The summed E-state index contributed by atoms with van der Waals surface area (Å²) in [6.07, 6.45) is 14.5. The maximum atomic E-state index is 4.82. The molecule has 0 aromatic carbocycles. The number of hydrogen-bond donors (Lipinski definition) is 2.